The Balaban J connectivity index is 0.642. The standard InChI is InChI=1S/C60H59ClN18O9/c1-31(80)63-35-19-45(74(3)25-35)56(84)66-37-21-46(75(4)27-37)57(85)65-36-20-44(73(2)26-36)55(83)62-16-10-13-50(82)69-48-29-77(6)52(70-48)42-28-76(5)53(68-42)59(87)72-49-30-78(7)54(71-49)58(86)64-34-14-15-40-32(17-34)18-41(67-40)60(88)79-24-33(23-61)51-39-12-9-8-11-38(39)47(81)22-43(51)79/h8-9,11-12,14-15,17-22,25-30,33,67,81H,10,13,16,23-24H2,1-7H3,(H,62,83)(H,63,80)(H,64,86)(H,65,85)(H,66,84)(H,69,82)(H,72,87). The Labute approximate surface area is 505 Å². The molecular formula is C60H59ClN18O9. The van der Waals surface area contributed by atoms with Crippen molar-refractivity contribution in [2.45, 2.75) is 25.7 Å². The molecule has 1 aliphatic rings. The summed E-state index contributed by atoms with van der Waals surface area (Å²) in [7, 11) is 9.91. The summed E-state index contributed by atoms with van der Waals surface area (Å²) >= 11 is 6.42. The lowest BCUT2D eigenvalue weighted by molar-refractivity contribution is -0.116. The van der Waals surface area contributed by atoms with Gasteiger partial charge in [-0.25, -0.2) is 15.0 Å². The minimum atomic E-state index is -0.621. The van der Waals surface area contributed by atoms with E-state index in [1.54, 1.807) is 127 Å². The normalized spacial score (nSPS) is 12.7. The first-order valence-corrected chi connectivity index (χ1v) is 28.1. The summed E-state index contributed by atoms with van der Waals surface area (Å²) in [4.78, 5) is 124. The molecule has 10 aromatic rings. The van der Waals surface area contributed by atoms with Crippen molar-refractivity contribution < 1.29 is 43.5 Å². The molecule has 1 unspecified atom stereocenters. The number of aromatic amines is 1. The van der Waals surface area contributed by atoms with Crippen LogP contribution in [-0.2, 0) is 51.9 Å². The number of nitrogens with one attached hydrogen (secondary N) is 8. The van der Waals surface area contributed by atoms with Crippen LogP contribution in [0.1, 0.15) is 94.4 Å². The monoisotopic (exact) mass is 1210 g/mol. The van der Waals surface area contributed by atoms with E-state index in [-0.39, 0.29) is 95.0 Å². The fourth-order valence-corrected chi connectivity index (χ4v) is 11.0. The van der Waals surface area contributed by atoms with E-state index in [9.17, 15) is 43.5 Å². The molecule has 0 aliphatic carbocycles. The van der Waals surface area contributed by atoms with Crippen molar-refractivity contribution in [3.63, 3.8) is 0 Å². The number of rotatable bonds is 18. The van der Waals surface area contributed by atoms with Crippen molar-refractivity contribution in [3.05, 3.63) is 150 Å². The van der Waals surface area contributed by atoms with Crippen LogP contribution < -0.4 is 42.1 Å². The van der Waals surface area contributed by atoms with Crippen molar-refractivity contribution >= 4 is 121 Å². The molecule has 0 fully saturated rings. The van der Waals surface area contributed by atoms with Crippen LogP contribution in [0.4, 0.5) is 40.1 Å². The molecule has 11 rings (SSSR count). The van der Waals surface area contributed by atoms with Crippen LogP contribution in [0.2, 0.25) is 0 Å². The average Bonchev–Trinajstić information content (AvgIpc) is 1.67. The summed E-state index contributed by atoms with van der Waals surface area (Å²) in [6.45, 7) is 1.86. The molecule has 450 valence electrons. The number of aromatic hydroxyl groups is 1. The molecule has 0 saturated heterocycles. The van der Waals surface area contributed by atoms with Gasteiger partial charge in [-0.05, 0) is 59.8 Å². The molecule has 9 N–H and O–H groups in total. The number of phenolic OH excluding ortho intramolecular Hbond substituents is 1. The Kier molecular flexibility index (Phi) is 15.8. The molecule has 0 bridgehead atoms. The van der Waals surface area contributed by atoms with Crippen LogP contribution in [0.25, 0.3) is 33.2 Å². The van der Waals surface area contributed by atoms with E-state index in [2.05, 4.69) is 57.2 Å². The van der Waals surface area contributed by atoms with Gasteiger partial charge in [0, 0.05) is 146 Å². The van der Waals surface area contributed by atoms with Crippen molar-refractivity contribution in [2.24, 2.45) is 42.3 Å². The van der Waals surface area contributed by atoms with E-state index in [4.69, 9.17) is 11.6 Å². The number of nitrogens with zero attached hydrogens (tertiary/aromatic N) is 10. The quantitative estimate of drug-likeness (QED) is 0.0310. The smallest absolute Gasteiger partial charge is 0.292 e. The molecular weight excluding hydrogens is 1150 g/mol. The summed E-state index contributed by atoms with van der Waals surface area (Å²) in [6, 6.07) is 20.5. The maximum atomic E-state index is 14.1. The number of anilines is 7. The third-order valence-corrected chi connectivity index (χ3v) is 15.2. The van der Waals surface area contributed by atoms with Gasteiger partial charge in [-0.2, -0.15) is 0 Å². The van der Waals surface area contributed by atoms with Gasteiger partial charge >= 0.3 is 0 Å². The molecule has 88 heavy (non-hydrogen) atoms. The van der Waals surface area contributed by atoms with E-state index in [0.29, 0.717) is 68.5 Å². The SMILES string of the molecule is CC(=O)Nc1cc(C(=O)Nc2cc(C(=O)Nc3cc(C(=O)NCCCC(=O)Nc4cn(C)c(-c5cn(C)c(C(=O)Nc6cn(C)c(C(=O)Nc7ccc8[nH]c(C(=O)N9CC(CCl)c%10c9cc(O)c9ccccc%109)cc8c7)n6)n5)n4)n(C)c3)n(C)c2)n(C)c1. The maximum absolute atomic E-state index is 14.1. The zero-order chi connectivity index (χ0) is 62.4. The molecule has 1 aliphatic heterocycles. The molecule has 8 heterocycles. The zero-order valence-electron chi connectivity index (χ0n) is 48.6. The van der Waals surface area contributed by atoms with Gasteiger partial charge in [-0.15, -0.1) is 11.6 Å². The molecule has 0 radical (unpaired) electrons. The van der Waals surface area contributed by atoms with E-state index in [1.807, 2.05) is 24.3 Å². The topological polar surface area (TPSA) is 328 Å². The molecule has 28 heteroatoms. The molecule has 1 atom stereocenters. The fraction of sp³-hybridized carbons (Fsp3) is 0.217. The summed E-state index contributed by atoms with van der Waals surface area (Å²) < 4.78 is 9.27. The third-order valence-electron chi connectivity index (χ3n) is 14.9. The van der Waals surface area contributed by atoms with Crippen LogP contribution in [0.15, 0.2) is 110 Å². The Morgan fingerprint density at radius 1 is 0.591 bits per heavy atom. The lowest BCUT2D eigenvalue weighted by atomic mass is 9.95. The van der Waals surface area contributed by atoms with E-state index < -0.39 is 29.5 Å². The van der Waals surface area contributed by atoms with Gasteiger partial charge in [0.1, 0.15) is 34.2 Å². The summed E-state index contributed by atoms with van der Waals surface area (Å²) in [5.74, 6) is -2.60. The number of fused-ring (bicyclic) bond motifs is 4. The van der Waals surface area contributed by atoms with Gasteiger partial charge in [0.15, 0.2) is 23.3 Å². The largest absolute Gasteiger partial charge is 0.507 e. The summed E-state index contributed by atoms with van der Waals surface area (Å²) in [6.07, 6.45) is 9.78. The Bertz CT molecular complexity index is 4510. The van der Waals surface area contributed by atoms with E-state index in [0.717, 1.165) is 10.9 Å². The number of phenols is 1. The van der Waals surface area contributed by atoms with E-state index >= 15 is 0 Å². The molecule has 0 saturated carbocycles. The van der Waals surface area contributed by atoms with Crippen LogP contribution in [0.3, 0.4) is 0 Å². The summed E-state index contributed by atoms with van der Waals surface area (Å²) in [5, 5.41) is 32.4. The second kappa shape index (κ2) is 23.7. The highest BCUT2D eigenvalue weighted by atomic mass is 35.5. The number of carbonyl (C=O) groups excluding carboxylic acids is 8. The first-order valence-electron chi connectivity index (χ1n) is 27.5. The highest BCUT2D eigenvalue weighted by Crippen LogP contribution is 2.46. The van der Waals surface area contributed by atoms with Gasteiger partial charge in [0.05, 0.1) is 22.7 Å². The number of carbonyl (C=O) groups is 8. The Hall–Kier alpha value is -11.2. The number of amides is 8. The molecule has 3 aromatic carbocycles. The minimum Gasteiger partial charge on any atom is -0.507 e. The number of aromatic nitrogens is 10. The first-order chi connectivity index (χ1) is 42.1. The number of benzene rings is 3. The van der Waals surface area contributed by atoms with Gasteiger partial charge in [-0.1, -0.05) is 24.3 Å². The maximum Gasteiger partial charge on any atom is 0.292 e. The number of H-pyrrole nitrogens is 1. The highest BCUT2D eigenvalue weighted by molar-refractivity contribution is 6.19. The van der Waals surface area contributed by atoms with Gasteiger partial charge in [0.25, 0.3) is 35.4 Å². The highest BCUT2D eigenvalue weighted by Gasteiger charge is 2.36. The first kappa shape index (κ1) is 58.5. The number of halogens is 1. The molecule has 0 spiro atoms. The van der Waals surface area contributed by atoms with Crippen LogP contribution >= 0.6 is 11.6 Å². The molecule has 7 aromatic heterocycles. The number of alkyl halides is 1. The minimum absolute atomic E-state index is 0.00560. The van der Waals surface area contributed by atoms with E-state index in [1.165, 1.54) is 40.5 Å². The van der Waals surface area contributed by atoms with Crippen LogP contribution in [-0.4, -0.2) is 119 Å². The molecule has 27 nitrogen and oxygen atoms in total. The van der Waals surface area contributed by atoms with Crippen LogP contribution in [0, 0.1) is 0 Å². The van der Waals surface area contributed by atoms with Gasteiger partial charge in [0.2, 0.25) is 17.6 Å². The summed E-state index contributed by atoms with van der Waals surface area (Å²) in [5.41, 5.74) is 5.19. The number of hydrogen-bond acceptors (Lipinski definition) is 12. The Morgan fingerprint density at radius 3 is 1.83 bits per heavy atom. The second-order valence-electron chi connectivity index (χ2n) is 21.4. The fourth-order valence-electron chi connectivity index (χ4n) is 10.8. The van der Waals surface area contributed by atoms with Crippen molar-refractivity contribution in [1.29, 1.82) is 0 Å². The van der Waals surface area contributed by atoms with Crippen molar-refractivity contribution in [1.82, 2.24) is 52.7 Å². The van der Waals surface area contributed by atoms with Crippen LogP contribution in [0.5, 0.6) is 5.75 Å². The lowest BCUT2D eigenvalue weighted by Gasteiger charge is -2.17. The Morgan fingerprint density at radius 2 is 1.17 bits per heavy atom. The number of aryl methyl sites for hydroxylation is 6. The number of hydrogen-bond donors (Lipinski definition) is 9. The average molecular weight is 1210 g/mol. The van der Waals surface area contributed by atoms with Crippen molar-refractivity contribution in [3.8, 4) is 17.3 Å². The lowest BCUT2D eigenvalue weighted by Crippen LogP contribution is -2.30. The number of imidazole rings is 3. The molecule has 8 amide bonds. The van der Waals surface area contributed by atoms with Crippen molar-refractivity contribution in [2.75, 3.05) is 55.8 Å². The third kappa shape index (κ3) is 11.8. The predicted molar refractivity (Wildman–Crippen MR) is 330 cm³/mol. The second-order valence-corrected chi connectivity index (χ2v) is 21.7. The van der Waals surface area contributed by atoms with Gasteiger partial charge in [-0.3, -0.25) is 38.4 Å². The zero-order valence-corrected chi connectivity index (χ0v) is 49.3. The van der Waals surface area contributed by atoms with Gasteiger partial charge < -0.3 is 79.6 Å². The predicted octanol–water partition coefficient (Wildman–Crippen LogP) is 7.01.